The second-order valence-corrected chi connectivity index (χ2v) is 7.13. The van der Waals surface area contributed by atoms with Gasteiger partial charge in [0.05, 0.1) is 6.04 Å². The summed E-state index contributed by atoms with van der Waals surface area (Å²) in [6, 6.07) is 1.22. The predicted molar refractivity (Wildman–Crippen MR) is 73.7 cm³/mol. The number of nitrogens with two attached hydrogens (primary N) is 1. The number of hydrogen-bond donors (Lipinski definition) is 2. The van der Waals surface area contributed by atoms with Gasteiger partial charge in [-0.25, -0.2) is 0 Å². The first kappa shape index (κ1) is 12.4. The lowest BCUT2D eigenvalue weighted by Gasteiger charge is -2.58. The maximum absolute atomic E-state index is 12.4. The van der Waals surface area contributed by atoms with Crippen LogP contribution in [-0.2, 0) is 4.79 Å². The number of aromatic nitrogens is 1. The van der Waals surface area contributed by atoms with E-state index in [1.807, 2.05) is 0 Å². The third kappa shape index (κ3) is 1.87. The van der Waals surface area contributed by atoms with Crippen LogP contribution in [0.15, 0.2) is 16.9 Å². The first-order valence-corrected chi connectivity index (χ1v) is 7.61. The molecule has 4 bridgehead atoms. The van der Waals surface area contributed by atoms with Gasteiger partial charge in [0.15, 0.2) is 5.82 Å². The highest BCUT2D eigenvalue weighted by atomic mass is 16.5. The van der Waals surface area contributed by atoms with E-state index in [1.165, 1.54) is 25.5 Å². The number of amides is 1. The normalized spacial score (nSPS) is 39.8. The number of anilines is 1. The number of nitrogens with one attached hydrogen (secondary N) is 1. The van der Waals surface area contributed by atoms with Crippen molar-refractivity contribution in [2.75, 3.05) is 5.32 Å². The molecule has 0 aliphatic heterocycles. The highest BCUT2D eigenvalue weighted by Crippen LogP contribution is 2.61. The third-order valence-electron chi connectivity index (χ3n) is 5.72. The smallest absolute Gasteiger partial charge is 0.243 e. The van der Waals surface area contributed by atoms with Gasteiger partial charge in [0, 0.05) is 6.07 Å². The Balaban J connectivity index is 1.53. The van der Waals surface area contributed by atoms with Crippen LogP contribution in [0.5, 0.6) is 0 Å². The van der Waals surface area contributed by atoms with Crippen molar-refractivity contribution in [3.8, 4) is 0 Å². The van der Waals surface area contributed by atoms with Gasteiger partial charge in [0.2, 0.25) is 5.91 Å². The van der Waals surface area contributed by atoms with Crippen LogP contribution in [0.2, 0.25) is 0 Å². The summed E-state index contributed by atoms with van der Waals surface area (Å²) in [5, 5.41) is 6.50. The molecule has 0 spiro atoms. The average Bonchev–Trinajstić information content (AvgIpc) is 2.89. The molecule has 5 heteroatoms. The number of nitrogens with zero attached hydrogens (tertiary/aromatic N) is 1. The average molecular weight is 275 g/mol. The van der Waals surface area contributed by atoms with E-state index in [2.05, 4.69) is 10.5 Å². The van der Waals surface area contributed by atoms with Crippen LogP contribution in [0, 0.1) is 23.2 Å². The molecule has 1 unspecified atom stereocenters. The molecule has 20 heavy (non-hydrogen) atoms. The topological polar surface area (TPSA) is 81.2 Å². The third-order valence-corrected chi connectivity index (χ3v) is 5.72. The maximum atomic E-state index is 12.4. The fourth-order valence-electron chi connectivity index (χ4n) is 5.32. The molecule has 5 nitrogen and oxygen atoms in total. The Hall–Kier alpha value is -1.36. The van der Waals surface area contributed by atoms with Crippen LogP contribution in [0.3, 0.4) is 0 Å². The van der Waals surface area contributed by atoms with Crippen LogP contribution in [-0.4, -0.2) is 17.1 Å². The van der Waals surface area contributed by atoms with Crippen LogP contribution < -0.4 is 11.1 Å². The molecule has 4 fully saturated rings. The summed E-state index contributed by atoms with van der Waals surface area (Å²) in [5.41, 5.74) is 6.39. The predicted octanol–water partition coefficient (Wildman–Crippen LogP) is 2.16. The van der Waals surface area contributed by atoms with E-state index in [1.54, 1.807) is 6.07 Å². The minimum Gasteiger partial charge on any atom is -0.363 e. The Morgan fingerprint density at radius 2 is 1.90 bits per heavy atom. The molecule has 4 saturated carbocycles. The monoisotopic (exact) mass is 275 g/mol. The van der Waals surface area contributed by atoms with E-state index in [4.69, 9.17) is 10.3 Å². The Labute approximate surface area is 118 Å². The summed E-state index contributed by atoms with van der Waals surface area (Å²) >= 11 is 0. The standard InChI is InChI=1S/C15H21N3O2/c16-13(14(19)17-12-1-2-20-18-12)15-6-9-3-10(7-15)5-11(4-9)8-15/h1-2,9-11,13H,3-8,16H2,(H,17,18,19). The van der Waals surface area contributed by atoms with Crippen molar-refractivity contribution >= 4 is 11.7 Å². The molecule has 4 aliphatic carbocycles. The molecule has 5 rings (SSSR count). The van der Waals surface area contributed by atoms with Crippen LogP contribution in [0.1, 0.15) is 38.5 Å². The van der Waals surface area contributed by atoms with Gasteiger partial charge in [-0.3, -0.25) is 4.79 Å². The zero-order chi connectivity index (χ0) is 13.7. The molecule has 108 valence electrons. The molecule has 1 atom stereocenters. The molecule has 0 aromatic carbocycles. The van der Waals surface area contributed by atoms with Crippen molar-refractivity contribution < 1.29 is 9.32 Å². The molecular weight excluding hydrogens is 254 g/mol. The van der Waals surface area contributed by atoms with E-state index in [-0.39, 0.29) is 11.3 Å². The first-order valence-electron chi connectivity index (χ1n) is 7.61. The lowest BCUT2D eigenvalue weighted by atomic mass is 9.47. The lowest BCUT2D eigenvalue weighted by molar-refractivity contribution is -0.127. The number of hydrogen-bond acceptors (Lipinski definition) is 4. The van der Waals surface area contributed by atoms with Crippen LogP contribution in [0.25, 0.3) is 0 Å². The number of rotatable bonds is 3. The molecular formula is C15H21N3O2. The molecule has 1 heterocycles. The zero-order valence-electron chi connectivity index (χ0n) is 11.5. The molecule has 0 saturated heterocycles. The van der Waals surface area contributed by atoms with E-state index in [0.717, 1.165) is 37.0 Å². The summed E-state index contributed by atoms with van der Waals surface area (Å²) in [4.78, 5) is 12.4. The Morgan fingerprint density at radius 1 is 1.30 bits per heavy atom. The van der Waals surface area contributed by atoms with Gasteiger partial charge in [0.1, 0.15) is 6.26 Å². The summed E-state index contributed by atoms with van der Waals surface area (Å²) < 4.78 is 4.74. The maximum Gasteiger partial charge on any atom is 0.243 e. The van der Waals surface area contributed by atoms with E-state index < -0.39 is 6.04 Å². The highest BCUT2D eigenvalue weighted by molar-refractivity contribution is 5.94. The van der Waals surface area contributed by atoms with Crippen LogP contribution >= 0.6 is 0 Å². The van der Waals surface area contributed by atoms with Crippen molar-refractivity contribution in [1.29, 1.82) is 0 Å². The van der Waals surface area contributed by atoms with Gasteiger partial charge < -0.3 is 15.6 Å². The van der Waals surface area contributed by atoms with E-state index in [9.17, 15) is 4.79 Å². The Morgan fingerprint density at radius 3 is 2.40 bits per heavy atom. The minimum atomic E-state index is -0.424. The summed E-state index contributed by atoms with van der Waals surface area (Å²) in [5.74, 6) is 2.74. The van der Waals surface area contributed by atoms with Crippen molar-refractivity contribution in [3.63, 3.8) is 0 Å². The van der Waals surface area contributed by atoms with Gasteiger partial charge in [-0.1, -0.05) is 5.16 Å². The van der Waals surface area contributed by atoms with Gasteiger partial charge in [-0.05, 0) is 61.7 Å². The molecule has 0 radical (unpaired) electrons. The molecule has 4 aliphatic rings. The van der Waals surface area contributed by atoms with Gasteiger partial charge >= 0.3 is 0 Å². The number of carbonyl (C=O) groups excluding carboxylic acids is 1. The highest BCUT2D eigenvalue weighted by Gasteiger charge is 2.54. The number of carbonyl (C=O) groups is 1. The zero-order valence-corrected chi connectivity index (χ0v) is 11.5. The van der Waals surface area contributed by atoms with Crippen LogP contribution in [0.4, 0.5) is 5.82 Å². The van der Waals surface area contributed by atoms with Gasteiger partial charge in [0.25, 0.3) is 0 Å². The molecule has 1 amide bonds. The first-order chi connectivity index (χ1) is 9.64. The summed E-state index contributed by atoms with van der Waals surface area (Å²) in [6.07, 6.45) is 8.92. The Kier molecular flexibility index (Phi) is 2.67. The molecule has 3 N–H and O–H groups in total. The Bertz CT molecular complexity index is 476. The van der Waals surface area contributed by atoms with Gasteiger partial charge in [-0.15, -0.1) is 0 Å². The van der Waals surface area contributed by atoms with Crippen molar-refractivity contribution in [2.24, 2.45) is 28.9 Å². The quantitative estimate of drug-likeness (QED) is 0.885. The van der Waals surface area contributed by atoms with Gasteiger partial charge in [-0.2, -0.15) is 0 Å². The lowest BCUT2D eigenvalue weighted by Crippen LogP contribution is -2.58. The second-order valence-electron chi connectivity index (χ2n) is 7.13. The van der Waals surface area contributed by atoms with E-state index in [0.29, 0.717) is 5.82 Å². The van der Waals surface area contributed by atoms with Crippen molar-refractivity contribution in [1.82, 2.24) is 5.16 Å². The summed E-state index contributed by atoms with van der Waals surface area (Å²) in [6.45, 7) is 0. The SMILES string of the molecule is NC(C(=O)Nc1ccon1)C12CC3CC(CC(C3)C1)C2. The second kappa shape index (κ2) is 4.32. The van der Waals surface area contributed by atoms with Crippen molar-refractivity contribution in [2.45, 2.75) is 44.6 Å². The molecule has 1 aromatic heterocycles. The molecule has 1 aromatic rings. The van der Waals surface area contributed by atoms with E-state index >= 15 is 0 Å². The van der Waals surface area contributed by atoms with Crippen molar-refractivity contribution in [3.05, 3.63) is 12.3 Å². The fourth-order valence-corrected chi connectivity index (χ4v) is 5.32. The minimum absolute atomic E-state index is 0.0303. The fraction of sp³-hybridized carbons (Fsp3) is 0.733. The summed E-state index contributed by atoms with van der Waals surface area (Å²) in [7, 11) is 0. The largest absolute Gasteiger partial charge is 0.363 e.